The summed E-state index contributed by atoms with van der Waals surface area (Å²) < 4.78 is 0. The Labute approximate surface area is 212 Å². The quantitative estimate of drug-likeness (QED) is 0.212. The molecule has 1 atom stereocenters. The van der Waals surface area contributed by atoms with Gasteiger partial charge in [-0.15, -0.1) is 0 Å². The van der Waals surface area contributed by atoms with E-state index in [2.05, 4.69) is 20.6 Å². The molecule has 2 amide bonds. The van der Waals surface area contributed by atoms with Crippen LogP contribution in [0.15, 0.2) is 36.7 Å². The predicted molar refractivity (Wildman–Crippen MR) is 137 cm³/mol. The molecule has 2 aromatic rings. The first kappa shape index (κ1) is 28.0. The fourth-order valence-corrected chi connectivity index (χ4v) is 3.80. The fraction of sp³-hybridized carbons (Fsp3) is 0.520. The first-order chi connectivity index (χ1) is 16.5. The van der Waals surface area contributed by atoms with Gasteiger partial charge < -0.3 is 16.4 Å². The minimum Gasteiger partial charge on any atom is -0.354 e. The number of nitrogens with two attached hydrogens (primary N) is 1. The predicted octanol–water partition coefficient (Wildman–Crippen LogP) is 5.23. The van der Waals surface area contributed by atoms with Gasteiger partial charge in [0.2, 0.25) is 5.91 Å². The normalized spacial score (nSPS) is 11.7. The van der Waals surface area contributed by atoms with Gasteiger partial charge in [-0.3, -0.25) is 9.59 Å². The molecule has 4 N–H and O–H groups in total. The summed E-state index contributed by atoms with van der Waals surface area (Å²) in [6, 6.07) is 5.45. The third kappa shape index (κ3) is 10.8. The molecule has 9 heteroatoms. The highest BCUT2D eigenvalue weighted by atomic mass is 35.5. The van der Waals surface area contributed by atoms with Gasteiger partial charge in [0.25, 0.3) is 5.91 Å². The first-order valence-corrected chi connectivity index (χ1v) is 12.8. The van der Waals surface area contributed by atoms with Crippen molar-refractivity contribution in [3.05, 3.63) is 58.1 Å². The largest absolute Gasteiger partial charge is 0.354 e. The van der Waals surface area contributed by atoms with Gasteiger partial charge in [0.1, 0.15) is 16.3 Å². The number of aromatic nitrogens is 2. The Morgan fingerprint density at radius 1 is 0.794 bits per heavy atom. The van der Waals surface area contributed by atoms with Gasteiger partial charge in [-0.25, -0.2) is 9.97 Å². The summed E-state index contributed by atoms with van der Waals surface area (Å²) in [6.45, 7) is 1.34. The van der Waals surface area contributed by atoms with Crippen LogP contribution in [0.1, 0.15) is 86.2 Å². The Morgan fingerprint density at radius 2 is 1.35 bits per heavy atom. The molecule has 0 saturated heterocycles. The average molecular weight is 508 g/mol. The molecule has 0 aromatic carbocycles. The topological polar surface area (TPSA) is 110 Å². The molecule has 2 aromatic heterocycles. The van der Waals surface area contributed by atoms with Gasteiger partial charge in [0.05, 0.1) is 5.56 Å². The van der Waals surface area contributed by atoms with Crippen LogP contribution in [0.4, 0.5) is 0 Å². The lowest BCUT2D eigenvalue weighted by molar-refractivity contribution is -0.123. The van der Waals surface area contributed by atoms with E-state index in [1.165, 1.54) is 57.0 Å². The molecule has 0 aliphatic heterocycles. The van der Waals surface area contributed by atoms with Crippen molar-refractivity contribution in [1.29, 1.82) is 0 Å². The summed E-state index contributed by atoms with van der Waals surface area (Å²) in [5.41, 5.74) is 6.36. The SMILES string of the molecule is NCCCCCCCCCCCCNC(=O)C(NC(=O)c1ccc(Cl)nc1)c1ccc(Cl)nc1. The van der Waals surface area contributed by atoms with Crippen LogP contribution in [-0.2, 0) is 4.79 Å². The Hall–Kier alpha value is -2.22. The van der Waals surface area contributed by atoms with E-state index in [1.54, 1.807) is 18.2 Å². The maximum Gasteiger partial charge on any atom is 0.253 e. The van der Waals surface area contributed by atoms with Crippen molar-refractivity contribution >= 4 is 35.0 Å². The van der Waals surface area contributed by atoms with Gasteiger partial charge in [0, 0.05) is 24.5 Å². The fourth-order valence-electron chi connectivity index (χ4n) is 3.58. The lowest BCUT2D eigenvalue weighted by Gasteiger charge is -2.19. The molecule has 0 aliphatic rings. The molecular formula is C25H35Cl2N5O2. The van der Waals surface area contributed by atoms with E-state index < -0.39 is 11.9 Å². The van der Waals surface area contributed by atoms with Crippen LogP contribution < -0.4 is 16.4 Å². The van der Waals surface area contributed by atoms with Gasteiger partial charge >= 0.3 is 0 Å². The van der Waals surface area contributed by atoms with E-state index in [1.807, 2.05) is 0 Å². The zero-order valence-electron chi connectivity index (χ0n) is 19.6. The van der Waals surface area contributed by atoms with E-state index in [9.17, 15) is 9.59 Å². The van der Waals surface area contributed by atoms with Crippen LogP contribution in [0, 0.1) is 0 Å². The van der Waals surface area contributed by atoms with Crippen molar-refractivity contribution in [1.82, 2.24) is 20.6 Å². The number of nitrogens with one attached hydrogen (secondary N) is 2. The minimum absolute atomic E-state index is 0.287. The Bertz CT molecular complexity index is 863. The first-order valence-electron chi connectivity index (χ1n) is 12.0. The van der Waals surface area contributed by atoms with Crippen molar-refractivity contribution < 1.29 is 9.59 Å². The van der Waals surface area contributed by atoms with Crippen LogP contribution in [0.5, 0.6) is 0 Å². The lowest BCUT2D eigenvalue weighted by Crippen LogP contribution is -2.40. The Morgan fingerprint density at radius 3 is 1.88 bits per heavy atom. The third-order valence-corrected chi connectivity index (χ3v) is 5.99. The number of carbonyl (C=O) groups excluding carboxylic acids is 2. The smallest absolute Gasteiger partial charge is 0.253 e. The molecule has 2 rings (SSSR count). The average Bonchev–Trinajstić information content (AvgIpc) is 2.84. The number of halogens is 2. The molecule has 0 radical (unpaired) electrons. The van der Waals surface area contributed by atoms with Crippen LogP contribution in [-0.4, -0.2) is 34.9 Å². The van der Waals surface area contributed by atoms with Crippen molar-refractivity contribution in [2.75, 3.05) is 13.1 Å². The van der Waals surface area contributed by atoms with Crippen LogP contribution in [0.3, 0.4) is 0 Å². The van der Waals surface area contributed by atoms with E-state index in [4.69, 9.17) is 28.9 Å². The molecule has 34 heavy (non-hydrogen) atoms. The highest BCUT2D eigenvalue weighted by molar-refractivity contribution is 6.29. The number of hydrogen-bond donors (Lipinski definition) is 3. The number of amides is 2. The number of pyridine rings is 2. The third-order valence-electron chi connectivity index (χ3n) is 5.54. The van der Waals surface area contributed by atoms with Gasteiger partial charge in [0.15, 0.2) is 0 Å². The molecular weight excluding hydrogens is 473 g/mol. The second-order valence-electron chi connectivity index (χ2n) is 8.31. The molecule has 0 aliphatic carbocycles. The van der Waals surface area contributed by atoms with Crippen LogP contribution in [0.25, 0.3) is 0 Å². The monoisotopic (exact) mass is 507 g/mol. The molecule has 7 nitrogen and oxygen atoms in total. The van der Waals surface area contributed by atoms with Gasteiger partial charge in [-0.05, 0) is 37.6 Å². The molecule has 2 heterocycles. The Balaban J connectivity index is 1.76. The number of rotatable bonds is 16. The molecule has 0 bridgehead atoms. The standard InChI is InChI=1S/C25H35Cl2N5O2/c26-21-13-11-19(17-30-21)23(32-24(33)20-12-14-22(27)31-18-20)25(34)29-16-10-8-6-4-2-1-3-5-7-9-15-28/h11-14,17-18,23H,1-10,15-16,28H2,(H,29,34)(H,32,33). The summed E-state index contributed by atoms with van der Waals surface area (Å²) in [5, 5.41) is 6.29. The summed E-state index contributed by atoms with van der Waals surface area (Å²) in [7, 11) is 0. The number of nitrogens with zero attached hydrogens (tertiary/aromatic N) is 2. The minimum atomic E-state index is -0.896. The van der Waals surface area contributed by atoms with Crippen molar-refractivity contribution in [3.63, 3.8) is 0 Å². The van der Waals surface area contributed by atoms with Crippen molar-refractivity contribution in [2.45, 2.75) is 70.3 Å². The summed E-state index contributed by atoms with van der Waals surface area (Å²) in [4.78, 5) is 33.5. The van der Waals surface area contributed by atoms with Crippen LogP contribution in [0.2, 0.25) is 10.3 Å². The van der Waals surface area contributed by atoms with Crippen molar-refractivity contribution in [3.8, 4) is 0 Å². The number of unbranched alkanes of at least 4 members (excludes halogenated alkanes) is 9. The van der Waals surface area contributed by atoms with Crippen molar-refractivity contribution in [2.24, 2.45) is 5.73 Å². The van der Waals surface area contributed by atoms with E-state index in [0.29, 0.717) is 22.8 Å². The summed E-state index contributed by atoms with van der Waals surface area (Å²) in [5.74, 6) is -0.723. The molecule has 186 valence electrons. The van der Waals surface area contributed by atoms with Crippen LogP contribution >= 0.6 is 23.2 Å². The highest BCUT2D eigenvalue weighted by Crippen LogP contribution is 2.16. The summed E-state index contributed by atoms with van der Waals surface area (Å²) in [6.07, 6.45) is 14.6. The molecule has 1 unspecified atom stereocenters. The molecule has 0 saturated carbocycles. The number of hydrogen-bond acceptors (Lipinski definition) is 5. The van der Waals surface area contributed by atoms with Gasteiger partial charge in [-0.2, -0.15) is 0 Å². The van der Waals surface area contributed by atoms with E-state index >= 15 is 0 Å². The lowest BCUT2D eigenvalue weighted by atomic mass is 10.1. The van der Waals surface area contributed by atoms with E-state index in [-0.39, 0.29) is 11.1 Å². The summed E-state index contributed by atoms with van der Waals surface area (Å²) >= 11 is 11.7. The molecule has 0 spiro atoms. The zero-order chi connectivity index (χ0) is 24.6. The van der Waals surface area contributed by atoms with Gasteiger partial charge in [-0.1, -0.05) is 80.6 Å². The zero-order valence-corrected chi connectivity index (χ0v) is 21.1. The second-order valence-corrected chi connectivity index (χ2v) is 9.08. The van der Waals surface area contributed by atoms with E-state index in [0.717, 1.165) is 32.2 Å². The highest BCUT2D eigenvalue weighted by Gasteiger charge is 2.23. The second kappa shape index (κ2) is 16.4. The number of carbonyl (C=O) groups is 2. The Kier molecular flexibility index (Phi) is 13.5. The maximum absolute atomic E-state index is 12.9. The molecule has 0 fully saturated rings. The maximum atomic E-state index is 12.9.